The molecule has 1 amide bonds. The second-order valence-corrected chi connectivity index (χ2v) is 7.02. The van der Waals surface area contributed by atoms with Crippen molar-refractivity contribution in [2.75, 3.05) is 25.2 Å². The van der Waals surface area contributed by atoms with Crippen molar-refractivity contribution in [2.45, 2.75) is 31.7 Å². The van der Waals surface area contributed by atoms with Gasteiger partial charge in [0.2, 0.25) is 12.7 Å². The molecule has 0 spiro atoms. The molecule has 2 aromatic carbocycles. The Bertz CT molecular complexity index is 810. The van der Waals surface area contributed by atoms with Gasteiger partial charge in [-0.15, -0.1) is 0 Å². The van der Waals surface area contributed by atoms with E-state index in [-0.39, 0.29) is 24.6 Å². The largest absolute Gasteiger partial charge is 0.454 e. The highest BCUT2D eigenvalue weighted by Gasteiger charge is 2.23. The van der Waals surface area contributed by atoms with E-state index < -0.39 is 0 Å². The Morgan fingerprint density at radius 1 is 1.15 bits per heavy atom. The van der Waals surface area contributed by atoms with Gasteiger partial charge in [-0.25, -0.2) is 4.39 Å². The number of carbonyl (C=O) groups excluding carboxylic acids is 1. The summed E-state index contributed by atoms with van der Waals surface area (Å²) in [6.07, 6.45) is 3.13. The maximum absolute atomic E-state index is 13.0. The van der Waals surface area contributed by atoms with Crippen molar-refractivity contribution in [1.82, 2.24) is 4.90 Å². The molecule has 0 aromatic heterocycles. The van der Waals surface area contributed by atoms with Crippen LogP contribution in [0.1, 0.15) is 24.8 Å². The van der Waals surface area contributed by atoms with E-state index in [9.17, 15) is 9.18 Å². The number of carbonyl (C=O) groups is 1. The molecule has 1 atom stereocenters. The highest BCUT2D eigenvalue weighted by atomic mass is 19.1. The van der Waals surface area contributed by atoms with E-state index in [2.05, 4.69) is 5.32 Å². The minimum atomic E-state index is -0.246. The molecule has 6 heteroatoms. The zero-order chi connectivity index (χ0) is 18.6. The first-order chi connectivity index (χ1) is 13.2. The van der Waals surface area contributed by atoms with Crippen LogP contribution in [0.25, 0.3) is 0 Å². The molecule has 2 aliphatic rings. The number of likely N-dealkylation sites (tertiary alicyclic amines) is 1. The van der Waals surface area contributed by atoms with Crippen LogP contribution in [-0.2, 0) is 11.2 Å². The lowest BCUT2D eigenvalue weighted by molar-refractivity contribution is -0.132. The Morgan fingerprint density at radius 2 is 1.96 bits per heavy atom. The molecule has 0 saturated carbocycles. The highest BCUT2D eigenvalue weighted by molar-refractivity contribution is 5.76. The Morgan fingerprint density at radius 3 is 2.81 bits per heavy atom. The lowest BCUT2D eigenvalue weighted by Gasteiger charge is -2.34. The molecule has 0 bridgehead atoms. The fourth-order valence-corrected chi connectivity index (χ4v) is 3.61. The average molecular weight is 370 g/mol. The molecular weight excluding hydrogens is 347 g/mol. The first-order valence-corrected chi connectivity index (χ1v) is 9.36. The summed E-state index contributed by atoms with van der Waals surface area (Å²) < 4.78 is 23.7. The molecule has 2 aromatic rings. The fourth-order valence-electron chi connectivity index (χ4n) is 3.61. The van der Waals surface area contributed by atoms with Crippen molar-refractivity contribution in [2.24, 2.45) is 0 Å². The Labute approximate surface area is 158 Å². The second kappa shape index (κ2) is 7.86. The van der Waals surface area contributed by atoms with Crippen LogP contribution in [0, 0.1) is 5.82 Å². The monoisotopic (exact) mass is 370 g/mol. The minimum Gasteiger partial charge on any atom is -0.454 e. The average Bonchev–Trinajstić information content (AvgIpc) is 3.16. The van der Waals surface area contributed by atoms with E-state index in [0.29, 0.717) is 19.4 Å². The van der Waals surface area contributed by atoms with Gasteiger partial charge < -0.3 is 19.7 Å². The number of nitrogens with one attached hydrogen (secondary N) is 1. The van der Waals surface area contributed by atoms with E-state index in [4.69, 9.17) is 9.47 Å². The standard InChI is InChI=1S/C21H23FN2O3/c22-16-5-7-17(8-6-16)23-18-2-1-11-24(13-18)21(25)10-4-15-3-9-19-20(12-15)27-14-26-19/h3,5-9,12,18,23H,1-2,4,10-11,13-14H2/t18-/m0/s1. The van der Waals surface area contributed by atoms with Crippen LogP contribution in [0.4, 0.5) is 10.1 Å². The number of benzene rings is 2. The van der Waals surface area contributed by atoms with Crippen molar-refractivity contribution in [3.63, 3.8) is 0 Å². The third-order valence-corrected chi connectivity index (χ3v) is 5.05. The third kappa shape index (κ3) is 4.32. The SMILES string of the molecule is O=C(CCc1ccc2c(c1)OCO2)N1CCC[C@H](Nc2ccc(F)cc2)C1. The number of piperidine rings is 1. The minimum absolute atomic E-state index is 0.165. The maximum Gasteiger partial charge on any atom is 0.231 e. The second-order valence-electron chi connectivity index (χ2n) is 7.02. The third-order valence-electron chi connectivity index (χ3n) is 5.05. The van der Waals surface area contributed by atoms with Gasteiger partial charge in [0.15, 0.2) is 11.5 Å². The lowest BCUT2D eigenvalue weighted by Crippen LogP contribution is -2.45. The summed E-state index contributed by atoms with van der Waals surface area (Å²) in [4.78, 5) is 14.6. The van der Waals surface area contributed by atoms with Gasteiger partial charge >= 0.3 is 0 Å². The number of fused-ring (bicyclic) bond motifs is 1. The molecule has 27 heavy (non-hydrogen) atoms. The zero-order valence-electron chi connectivity index (χ0n) is 15.1. The number of aryl methyl sites for hydroxylation is 1. The number of hydrogen-bond donors (Lipinski definition) is 1. The van der Waals surface area contributed by atoms with Crippen LogP contribution in [-0.4, -0.2) is 36.7 Å². The normalized spacial score (nSPS) is 18.4. The van der Waals surface area contributed by atoms with Gasteiger partial charge in [0.1, 0.15) is 5.82 Å². The molecule has 2 aliphatic heterocycles. The van der Waals surface area contributed by atoms with E-state index in [0.717, 1.165) is 42.1 Å². The number of ether oxygens (including phenoxy) is 2. The molecule has 4 rings (SSSR count). The van der Waals surface area contributed by atoms with Crippen LogP contribution in [0.2, 0.25) is 0 Å². The van der Waals surface area contributed by atoms with Crippen molar-refractivity contribution in [3.8, 4) is 11.5 Å². The van der Waals surface area contributed by atoms with Crippen LogP contribution in [0.15, 0.2) is 42.5 Å². The first-order valence-electron chi connectivity index (χ1n) is 9.36. The number of amides is 1. The summed E-state index contributed by atoms with van der Waals surface area (Å²) in [6.45, 7) is 1.73. The van der Waals surface area contributed by atoms with Crippen LogP contribution >= 0.6 is 0 Å². The van der Waals surface area contributed by atoms with Crippen molar-refractivity contribution >= 4 is 11.6 Å². The van der Waals surface area contributed by atoms with Gasteiger partial charge in [-0.3, -0.25) is 4.79 Å². The molecule has 0 unspecified atom stereocenters. The van der Waals surface area contributed by atoms with Gasteiger partial charge in [0, 0.05) is 31.2 Å². The Kier molecular flexibility index (Phi) is 5.14. The van der Waals surface area contributed by atoms with Crippen molar-refractivity contribution < 1.29 is 18.7 Å². The predicted molar refractivity (Wildman–Crippen MR) is 101 cm³/mol. The van der Waals surface area contributed by atoms with Crippen molar-refractivity contribution in [1.29, 1.82) is 0 Å². The predicted octanol–water partition coefficient (Wildman–Crippen LogP) is 3.59. The summed E-state index contributed by atoms with van der Waals surface area (Å²) in [5.41, 5.74) is 1.96. The Hall–Kier alpha value is -2.76. The number of rotatable bonds is 5. The van der Waals surface area contributed by atoms with Crippen LogP contribution < -0.4 is 14.8 Å². The fraction of sp³-hybridized carbons (Fsp3) is 0.381. The molecule has 1 saturated heterocycles. The number of halogens is 1. The van der Waals surface area contributed by atoms with E-state index in [1.165, 1.54) is 12.1 Å². The number of anilines is 1. The van der Waals surface area contributed by atoms with Crippen LogP contribution in [0.3, 0.4) is 0 Å². The molecule has 2 heterocycles. The van der Waals surface area contributed by atoms with Gasteiger partial charge in [0.05, 0.1) is 0 Å². The molecule has 1 N–H and O–H groups in total. The van der Waals surface area contributed by atoms with E-state index in [1.54, 1.807) is 12.1 Å². The molecule has 142 valence electrons. The molecule has 0 radical (unpaired) electrons. The smallest absolute Gasteiger partial charge is 0.231 e. The summed E-state index contributed by atoms with van der Waals surface area (Å²) in [7, 11) is 0. The van der Waals surface area contributed by atoms with E-state index in [1.807, 2.05) is 23.1 Å². The molecule has 1 fully saturated rings. The number of hydrogen-bond acceptors (Lipinski definition) is 4. The highest BCUT2D eigenvalue weighted by Crippen LogP contribution is 2.32. The van der Waals surface area contributed by atoms with E-state index >= 15 is 0 Å². The summed E-state index contributed by atoms with van der Waals surface area (Å²) in [5, 5.41) is 3.40. The number of nitrogens with zero attached hydrogens (tertiary/aromatic N) is 1. The molecule has 0 aliphatic carbocycles. The zero-order valence-corrected chi connectivity index (χ0v) is 15.1. The quantitative estimate of drug-likeness (QED) is 0.874. The summed E-state index contributed by atoms with van der Waals surface area (Å²) >= 11 is 0. The lowest BCUT2D eigenvalue weighted by atomic mass is 10.0. The maximum atomic E-state index is 13.0. The van der Waals surface area contributed by atoms with Gasteiger partial charge in [-0.2, -0.15) is 0 Å². The Balaban J connectivity index is 1.29. The van der Waals surface area contributed by atoms with Gasteiger partial charge in [-0.05, 0) is 61.2 Å². The molecule has 5 nitrogen and oxygen atoms in total. The summed E-state index contributed by atoms with van der Waals surface area (Å²) in [5.74, 6) is 1.43. The first kappa shape index (κ1) is 17.6. The van der Waals surface area contributed by atoms with Gasteiger partial charge in [0.25, 0.3) is 0 Å². The van der Waals surface area contributed by atoms with Gasteiger partial charge in [-0.1, -0.05) is 6.07 Å². The topological polar surface area (TPSA) is 50.8 Å². The summed E-state index contributed by atoms with van der Waals surface area (Å²) in [6, 6.07) is 12.4. The van der Waals surface area contributed by atoms with Crippen molar-refractivity contribution in [3.05, 3.63) is 53.8 Å². The molecular formula is C21H23FN2O3. The van der Waals surface area contributed by atoms with Crippen LogP contribution in [0.5, 0.6) is 11.5 Å².